The van der Waals surface area contributed by atoms with E-state index in [1.807, 2.05) is 24.3 Å². The third-order valence-electron chi connectivity index (χ3n) is 5.22. The molecule has 0 spiro atoms. The van der Waals surface area contributed by atoms with Crippen LogP contribution in [0.5, 0.6) is 0 Å². The Hall–Kier alpha value is -3.26. The van der Waals surface area contributed by atoms with Gasteiger partial charge in [-0.2, -0.15) is 0 Å². The van der Waals surface area contributed by atoms with Crippen molar-refractivity contribution in [3.8, 4) is 0 Å². The van der Waals surface area contributed by atoms with Crippen LogP contribution in [0.15, 0.2) is 48.2 Å². The number of benzene rings is 2. The van der Waals surface area contributed by atoms with E-state index in [0.717, 1.165) is 47.4 Å². The van der Waals surface area contributed by atoms with Gasteiger partial charge in [0.25, 0.3) is 11.8 Å². The Morgan fingerprint density at radius 2 is 1.67 bits per heavy atom. The Kier molecular flexibility index (Phi) is 5.50. The zero-order valence-electron chi connectivity index (χ0n) is 16.5. The van der Waals surface area contributed by atoms with Gasteiger partial charge in [-0.3, -0.25) is 14.5 Å². The second kappa shape index (κ2) is 8.23. The number of morpholine rings is 1. The van der Waals surface area contributed by atoms with Crippen LogP contribution in [-0.2, 0) is 20.9 Å². The Bertz CT molecular complexity index is 992. The molecule has 0 saturated carbocycles. The summed E-state index contributed by atoms with van der Waals surface area (Å²) in [6.45, 7) is 4.45. The summed E-state index contributed by atoms with van der Waals surface area (Å²) in [5.74, 6) is -2.48. The van der Waals surface area contributed by atoms with Gasteiger partial charge in [0, 0.05) is 36.1 Å². The summed E-state index contributed by atoms with van der Waals surface area (Å²) in [5.41, 5.74) is 1.80. The standard InChI is InChI=1S/C22H21F2N3O3/c1-14-18(23)10-16(11-19(14)24)25-20-12-21(28)27(22(20)29)13-15-2-4-17(5-3-15)26-6-8-30-9-7-26/h2-5,10-12,25H,6-9,13H2,1H3. The van der Waals surface area contributed by atoms with E-state index >= 15 is 0 Å². The number of rotatable bonds is 5. The number of amides is 2. The number of hydrogen-bond donors (Lipinski definition) is 1. The maximum Gasteiger partial charge on any atom is 0.277 e. The van der Waals surface area contributed by atoms with Gasteiger partial charge in [0.15, 0.2) is 0 Å². The summed E-state index contributed by atoms with van der Waals surface area (Å²) in [6, 6.07) is 9.84. The van der Waals surface area contributed by atoms with E-state index in [4.69, 9.17) is 4.74 Å². The van der Waals surface area contributed by atoms with Crippen LogP contribution in [0, 0.1) is 18.6 Å². The molecule has 6 nitrogen and oxygen atoms in total. The van der Waals surface area contributed by atoms with E-state index in [9.17, 15) is 18.4 Å². The van der Waals surface area contributed by atoms with Crippen molar-refractivity contribution in [1.82, 2.24) is 4.90 Å². The number of anilines is 2. The van der Waals surface area contributed by atoms with Gasteiger partial charge >= 0.3 is 0 Å². The van der Waals surface area contributed by atoms with Crippen LogP contribution in [0.3, 0.4) is 0 Å². The van der Waals surface area contributed by atoms with Crippen LogP contribution >= 0.6 is 0 Å². The summed E-state index contributed by atoms with van der Waals surface area (Å²) in [7, 11) is 0. The first-order chi connectivity index (χ1) is 14.4. The highest BCUT2D eigenvalue weighted by Gasteiger charge is 2.31. The number of nitrogens with zero attached hydrogens (tertiary/aromatic N) is 2. The number of imide groups is 1. The van der Waals surface area contributed by atoms with Gasteiger partial charge in [0.2, 0.25) is 0 Å². The molecule has 0 radical (unpaired) electrons. The molecule has 2 aromatic carbocycles. The number of ether oxygens (including phenoxy) is 1. The van der Waals surface area contributed by atoms with Gasteiger partial charge < -0.3 is 15.0 Å². The lowest BCUT2D eigenvalue weighted by molar-refractivity contribution is -0.137. The maximum atomic E-state index is 13.7. The Balaban J connectivity index is 1.43. The molecule has 156 valence electrons. The lowest BCUT2D eigenvalue weighted by Crippen LogP contribution is -2.36. The first kappa shape index (κ1) is 20.0. The number of nitrogens with one attached hydrogen (secondary N) is 1. The minimum atomic E-state index is -0.730. The Morgan fingerprint density at radius 1 is 1.03 bits per heavy atom. The van der Waals surface area contributed by atoms with Gasteiger partial charge in [-0.05, 0) is 36.8 Å². The average molecular weight is 413 g/mol. The molecule has 30 heavy (non-hydrogen) atoms. The molecule has 0 atom stereocenters. The van der Waals surface area contributed by atoms with Crippen molar-refractivity contribution in [2.75, 3.05) is 36.5 Å². The predicted molar refractivity (Wildman–Crippen MR) is 108 cm³/mol. The SMILES string of the molecule is Cc1c(F)cc(NC2=CC(=O)N(Cc3ccc(N4CCOCC4)cc3)C2=O)cc1F. The van der Waals surface area contributed by atoms with E-state index in [2.05, 4.69) is 10.2 Å². The average Bonchev–Trinajstić information content (AvgIpc) is 3.00. The molecule has 4 rings (SSSR count). The maximum absolute atomic E-state index is 13.7. The van der Waals surface area contributed by atoms with Crippen LogP contribution in [0.25, 0.3) is 0 Å². The molecule has 2 amide bonds. The fraction of sp³-hybridized carbons (Fsp3) is 0.273. The van der Waals surface area contributed by atoms with Crippen molar-refractivity contribution in [3.63, 3.8) is 0 Å². The van der Waals surface area contributed by atoms with Gasteiger partial charge in [-0.25, -0.2) is 8.78 Å². The lowest BCUT2D eigenvalue weighted by atomic mass is 10.1. The summed E-state index contributed by atoms with van der Waals surface area (Å²) in [4.78, 5) is 28.3. The van der Waals surface area contributed by atoms with Gasteiger partial charge in [0.05, 0.1) is 19.8 Å². The summed E-state index contributed by atoms with van der Waals surface area (Å²) >= 11 is 0. The Morgan fingerprint density at radius 3 is 2.30 bits per heavy atom. The summed E-state index contributed by atoms with van der Waals surface area (Å²) < 4.78 is 32.8. The molecule has 8 heteroatoms. The second-order valence-corrected chi connectivity index (χ2v) is 7.24. The highest BCUT2D eigenvalue weighted by molar-refractivity contribution is 6.17. The molecule has 1 fully saturated rings. The lowest BCUT2D eigenvalue weighted by Gasteiger charge is -2.29. The molecule has 0 bridgehead atoms. The quantitative estimate of drug-likeness (QED) is 0.764. The third-order valence-corrected chi connectivity index (χ3v) is 5.22. The monoisotopic (exact) mass is 413 g/mol. The van der Waals surface area contributed by atoms with Crippen LogP contribution in [0.2, 0.25) is 0 Å². The first-order valence-electron chi connectivity index (χ1n) is 9.64. The van der Waals surface area contributed by atoms with Crippen molar-refractivity contribution < 1.29 is 23.1 Å². The number of carbonyl (C=O) groups is 2. The highest BCUT2D eigenvalue weighted by atomic mass is 19.1. The van der Waals surface area contributed by atoms with Crippen LogP contribution in [-0.4, -0.2) is 43.0 Å². The van der Waals surface area contributed by atoms with Crippen molar-refractivity contribution in [2.24, 2.45) is 0 Å². The Labute approximate surface area is 172 Å². The number of carbonyl (C=O) groups excluding carboxylic acids is 2. The molecular formula is C22H21F2N3O3. The molecule has 2 aliphatic rings. The van der Waals surface area contributed by atoms with Crippen molar-refractivity contribution >= 4 is 23.2 Å². The highest BCUT2D eigenvalue weighted by Crippen LogP contribution is 2.23. The van der Waals surface area contributed by atoms with E-state index in [-0.39, 0.29) is 23.5 Å². The summed E-state index contributed by atoms with van der Waals surface area (Å²) in [6.07, 6.45) is 1.14. The fourth-order valence-corrected chi connectivity index (χ4v) is 3.44. The zero-order valence-corrected chi connectivity index (χ0v) is 16.5. The predicted octanol–water partition coefficient (Wildman–Crippen LogP) is 2.97. The molecule has 1 saturated heterocycles. The van der Waals surface area contributed by atoms with Crippen molar-refractivity contribution in [1.29, 1.82) is 0 Å². The molecular weight excluding hydrogens is 392 g/mol. The third kappa shape index (κ3) is 4.04. The largest absolute Gasteiger partial charge is 0.378 e. The minimum Gasteiger partial charge on any atom is -0.378 e. The van der Waals surface area contributed by atoms with Crippen LogP contribution < -0.4 is 10.2 Å². The van der Waals surface area contributed by atoms with Crippen LogP contribution in [0.4, 0.5) is 20.2 Å². The van der Waals surface area contributed by atoms with E-state index in [0.29, 0.717) is 13.2 Å². The number of hydrogen-bond acceptors (Lipinski definition) is 5. The number of halogens is 2. The molecule has 2 heterocycles. The zero-order chi connectivity index (χ0) is 21.3. The molecule has 0 aromatic heterocycles. The van der Waals surface area contributed by atoms with E-state index in [1.54, 1.807) is 0 Å². The topological polar surface area (TPSA) is 61.9 Å². The molecule has 0 unspecified atom stereocenters. The van der Waals surface area contributed by atoms with Gasteiger partial charge in [0.1, 0.15) is 17.3 Å². The first-order valence-corrected chi connectivity index (χ1v) is 9.64. The van der Waals surface area contributed by atoms with Gasteiger partial charge in [-0.15, -0.1) is 0 Å². The molecule has 2 aromatic rings. The normalized spacial score (nSPS) is 16.8. The van der Waals surface area contributed by atoms with Gasteiger partial charge in [-0.1, -0.05) is 12.1 Å². The fourth-order valence-electron chi connectivity index (χ4n) is 3.44. The second-order valence-electron chi connectivity index (χ2n) is 7.24. The van der Waals surface area contributed by atoms with Crippen molar-refractivity contribution in [3.05, 3.63) is 70.9 Å². The molecule has 2 aliphatic heterocycles. The minimum absolute atomic E-state index is 0.0208. The van der Waals surface area contributed by atoms with E-state index in [1.165, 1.54) is 6.92 Å². The molecule has 0 aliphatic carbocycles. The molecule has 1 N–H and O–H groups in total. The van der Waals surface area contributed by atoms with E-state index < -0.39 is 23.4 Å². The van der Waals surface area contributed by atoms with Crippen LogP contribution in [0.1, 0.15) is 11.1 Å². The smallest absolute Gasteiger partial charge is 0.277 e. The van der Waals surface area contributed by atoms with Crippen molar-refractivity contribution in [2.45, 2.75) is 13.5 Å². The summed E-state index contributed by atoms with van der Waals surface area (Å²) in [5, 5.41) is 2.65.